The third-order valence-corrected chi connectivity index (χ3v) is 5.37. The zero-order valence-electron chi connectivity index (χ0n) is 16.4. The summed E-state index contributed by atoms with van der Waals surface area (Å²) in [6, 6.07) is 5.91. The van der Waals surface area contributed by atoms with E-state index in [-0.39, 0.29) is 5.56 Å². The van der Waals surface area contributed by atoms with Gasteiger partial charge in [0.2, 0.25) is 0 Å². The van der Waals surface area contributed by atoms with Gasteiger partial charge in [0, 0.05) is 28.7 Å². The van der Waals surface area contributed by atoms with Gasteiger partial charge in [-0.1, -0.05) is 0 Å². The highest BCUT2D eigenvalue weighted by Crippen LogP contribution is 2.48. The molecule has 148 valence electrons. The van der Waals surface area contributed by atoms with Crippen molar-refractivity contribution < 1.29 is 13.5 Å². The molecule has 0 spiro atoms. The molecule has 1 aliphatic heterocycles. The van der Waals surface area contributed by atoms with E-state index in [9.17, 15) is 4.39 Å². The van der Waals surface area contributed by atoms with Crippen molar-refractivity contribution in [3.8, 4) is 22.6 Å². The summed E-state index contributed by atoms with van der Waals surface area (Å²) < 4.78 is 37.3. The van der Waals surface area contributed by atoms with Gasteiger partial charge in [-0.2, -0.15) is 0 Å². The molecule has 0 unspecified atom stereocenters. The van der Waals surface area contributed by atoms with Crippen LogP contribution in [-0.4, -0.2) is 26.9 Å². The number of aryl methyl sites for hydroxylation is 1. The molecule has 0 amide bonds. The number of aromatic nitrogens is 4. The van der Waals surface area contributed by atoms with Crippen LogP contribution in [0, 0.1) is 18.6 Å². The molecule has 0 saturated heterocycles. The maximum Gasteiger partial charge on any atom is 0.162 e. The fraction of sp³-hybridized carbons (Fsp3) is 0.238. The van der Waals surface area contributed by atoms with E-state index in [1.807, 2.05) is 25.3 Å². The first-order valence-corrected chi connectivity index (χ1v) is 9.20. The Balaban J connectivity index is 1.90. The molecule has 6 nitrogen and oxygen atoms in total. The van der Waals surface area contributed by atoms with Crippen LogP contribution in [0.3, 0.4) is 0 Å². The second-order valence-corrected chi connectivity index (χ2v) is 7.71. The molecule has 0 bridgehead atoms. The average Bonchev–Trinajstić information content (AvgIpc) is 3.27. The van der Waals surface area contributed by atoms with Gasteiger partial charge in [0.15, 0.2) is 11.6 Å². The normalized spacial score (nSPS) is 14.4. The van der Waals surface area contributed by atoms with Crippen molar-refractivity contribution >= 4 is 16.6 Å². The van der Waals surface area contributed by atoms with Gasteiger partial charge in [-0.15, -0.1) is 10.2 Å². The van der Waals surface area contributed by atoms with Crippen molar-refractivity contribution in [3.63, 3.8) is 0 Å². The monoisotopic (exact) mass is 395 g/mol. The van der Waals surface area contributed by atoms with Gasteiger partial charge < -0.3 is 15.0 Å². The van der Waals surface area contributed by atoms with Crippen molar-refractivity contribution in [2.24, 2.45) is 0 Å². The number of ether oxygens (including phenoxy) is 1. The summed E-state index contributed by atoms with van der Waals surface area (Å²) in [5, 5.41) is 12.5. The molecule has 0 fully saturated rings. The molecule has 2 aromatic heterocycles. The Labute approximate surface area is 165 Å². The average molecular weight is 395 g/mol. The van der Waals surface area contributed by atoms with Gasteiger partial charge in [-0.25, -0.2) is 8.78 Å². The van der Waals surface area contributed by atoms with Crippen molar-refractivity contribution in [1.29, 1.82) is 0 Å². The van der Waals surface area contributed by atoms with E-state index in [4.69, 9.17) is 4.74 Å². The molecule has 0 atom stereocenters. The molecule has 0 saturated carbocycles. The van der Waals surface area contributed by atoms with Gasteiger partial charge in [0.1, 0.15) is 23.1 Å². The number of H-pyrrole nitrogens is 1. The van der Waals surface area contributed by atoms with E-state index in [1.165, 1.54) is 25.3 Å². The van der Waals surface area contributed by atoms with E-state index >= 15 is 4.39 Å². The standard InChI is InChI=1S/C21H19F2N5O/c1-10-26-27-20-21(2,3)25-16-9-14(23)17(19(29-4)18(16)28(10)20)13-7-11(22)8-15-12(13)5-6-24-15/h5-9,24-25H,1-4H3. The summed E-state index contributed by atoms with van der Waals surface area (Å²) in [6.07, 6.45) is 1.70. The molecule has 2 N–H and O–H groups in total. The number of fused-ring (bicyclic) bond motifs is 4. The molecule has 4 aromatic rings. The summed E-state index contributed by atoms with van der Waals surface area (Å²) in [5.74, 6) is 0.656. The minimum atomic E-state index is -0.556. The van der Waals surface area contributed by atoms with Crippen LogP contribution in [0.2, 0.25) is 0 Å². The van der Waals surface area contributed by atoms with Gasteiger partial charge >= 0.3 is 0 Å². The lowest BCUT2D eigenvalue weighted by atomic mass is 9.94. The molecule has 29 heavy (non-hydrogen) atoms. The van der Waals surface area contributed by atoms with Crippen LogP contribution in [-0.2, 0) is 5.54 Å². The number of nitrogens with one attached hydrogen (secondary N) is 2. The minimum absolute atomic E-state index is 0.191. The van der Waals surface area contributed by atoms with Gasteiger partial charge in [-0.05, 0) is 39.0 Å². The number of halogens is 2. The number of hydrogen-bond acceptors (Lipinski definition) is 4. The molecule has 1 aliphatic rings. The quantitative estimate of drug-likeness (QED) is 0.518. The zero-order chi connectivity index (χ0) is 20.5. The first-order valence-electron chi connectivity index (χ1n) is 9.20. The summed E-state index contributed by atoms with van der Waals surface area (Å²) in [7, 11) is 1.48. The van der Waals surface area contributed by atoms with E-state index in [2.05, 4.69) is 20.5 Å². The van der Waals surface area contributed by atoms with Gasteiger partial charge in [0.25, 0.3) is 0 Å². The number of methoxy groups -OCH3 is 1. The van der Waals surface area contributed by atoms with Crippen LogP contribution >= 0.6 is 0 Å². The molecule has 3 heterocycles. The van der Waals surface area contributed by atoms with Crippen LogP contribution in [0.5, 0.6) is 5.75 Å². The highest BCUT2D eigenvalue weighted by Gasteiger charge is 2.37. The lowest BCUT2D eigenvalue weighted by molar-refractivity contribution is 0.408. The van der Waals surface area contributed by atoms with Crippen molar-refractivity contribution in [3.05, 3.63) is 53.7 Å². The molecule has 5 rings (SSSR count). The van der Waals surface area contributed by atoms with Crippen LogP contribution in [0.15, 0.2) is 30.5 Å². The Morgan fingerprint density at radius 3 is 2.69 bits per heavy atom. The van der Waals surface area contributed by atoms with Gasteiger partial charge in [-0.3, -0.25) is 4.57 Å². The van der Waals surface area contributed by atoms with E-state index in [0.717, 1.165) is 0 Å². The maximum atomic E-state index is 15.4. The summed E-state index contributed by atoms with van der Waals surface area (Å²) in [5.41, 5.74) is 1.80. The van der Waals surface area contributed by atoms with Crippen LogP contribution < -0.4 is 10.1 Å². The third-order valence-electron chi connectivity index (χ3n) is 5.37. The number of benzene rings is 2. The largest absolute Gasteiger partial charge is 0.494 e. The maximum absolute atomic E-state index is 15.4. The predicted molar refractivity (Wildman–Crippen MR) is 107 cm³/mol. The fourth-order valence-electron chi connectivity index (χ4n) is 4.15. The Morgan fingerprint density at radius 2 is 1.93 bits per heavy atom. The highest BCUT2D eigenvalue weighted by molar-refractivity contribution is 5.99. The topological polar surface area (TPSA) is 67.8 Å². The summed E-state index contributed by atoms with van der Waals surface area (Å²) >= 11 is 0. The molecule has 2 aromatic carbocycles. The SMILES string of the molecule is COc1c(-c2cc(F)cc3[nH]ccc23)c(F)cc2c1-n1c(C)nnc1C(C)(C)N2. The molecule has 8 heteroatoms. The second kappa shape index (κ2) is 5.79. The number of nitrogens with zero attached hydrogens (tertiary/aromatic N) is 3. The highest BCUT2D eigenvalue weighted by atomic mass is 19.1. The number of aromatic amines is 1. The first-order chi connectivity index (χ1) is 13.8. The number of anilines is 1. The van der Waals surface area contributed by atoms with Gasteiger partial charge in [0.05, 0.1) is 23.9 Å². The van der Waals surface area contributed by atoms with E-state index < -0.39 is 17.2 Å². The van der Waals surface area contributed by atoms with Crippen molar-refractivity contribution in [2.45, 2.75) is 26.3 Å². The fourth-order valence-corrected chi connectivity index (χ4v) is 4.15. The van der Waals surface area contributed by atoms with Crippen molar-refractivity contribution in [1.82, 2.24) is 19.7 Å². The number of rotatable bonds is 2. The lowest BCUT2D eigenvalue weighted by Crippen LogP contribution is -2.36. The Morgan fingerprint density at radius 1 is 1.14 bits per heavy atom. The summed E-state index contributed by atoms with van der Waals surface area (Å²) in [4.78, 5) is 2.98. The zero-order valence-corrected chi connectivity index (χ0v) is 16.4. The second-order valence-electron chi connectivity index (χ2n) is 7.71. The predicted octanol–water partition coefficient (Wildman–Crippen LogP) is 4.67. The molecule has 0 radical (unpaired) electrons. The number of hydrogen-bond donors (Lipinski definition) is 2. The Bertz CT molecular complexity index is 1290. The lowest BCUT2D eigenvalue weighted by Gasteiger charge is -2.35. The molecular formula is C21H19F2N5O. The molecule has 0 aliphatic carbocycles. The first kappa shape index (κ1) is 17.7. The van der Waals surface area contributed by atoms with Crippen molar-refractivity contribution in [2.75, 3.05) is 12.4 Å². The smallest absolute Gasteiger partial charge is 0.162 e. The van der Waals surface area contributed by atoms with Crippen LogP contribution in [0.1, 0.15) is 25.5 Å². The Hall–Kier alpha value is -3.42. The van der Waals surface area contributed by atoms with E-state index in [0.29, 0.717) is 45.2 Å². The summed E-state index contributed by atoms with van der Waals surface area (Å²) in [6.45, 7) is 5.73. The van der Waals surface area contributed by atoms with Crippen LogP contribution in [0.25, 0.3) is 27.7 Å². The van der Waals surface area contributed by atoms with Crippen LogP contribution in [0.4, 0.5) is 14.5 Å². The van der Waals surface area contributed by atoms with E-state index in [1.54, 1.807) is 12.3 Å². The minimum Gasteiger partial charge on any atom is -0.494 e. The Kier molecular flexibility index (Phi) is 3.53. The third kappa shape index (κ3) is 2.38. The molecular weight excluding hydrogens is 376 g/mol.